The Bertz CT molecular complexity index is 232. The Morgan fingerprint density at radius 3 is 2.69 bits per heavy atom. The van der Waals surface area contributed by atoms with Crippen LogP contribution in [-0.2, 0) is 9.53 Å². The van der Waals surface area contributed by atoms with E-state index in [9.17, 15) is 4.79 Å². The van der Waals surface area contributed by atoms with Crippen LogP contribution in [0.25, 0.3) is 0 Å². The van der Waals surface area contributed by atoms with Gasteiger partial charge in [-0.3, -0.25) is 4.79 Å². The number of ether oxygens (including phenoxy) is 1. The molecule has 13 heavy (non-hydrogen) atoms. The van der Waals surface area contributed by atoms with Crippen molar-refractivity contribution >= 4 is 5.97 Å². The zero-order valence-electron chi connectivity index (χ0n) is 8.67. The van der Waals surface area contributed by atoms with E-state index in [4.69, 9.17) is 4.74 Å². The van der Waals surface area contributed by atoms with Crippen LogP contribution in [0, 0.1) is 17.8 Å². The van der Waals surface area contributed by atoms with Crippen LogP contribution in [0.4, 0.5) is 0 Å². The quantitative estimate of drug-likeness (QED) is 0.538. The van der Waals surface area contributed by atoms with E-state index in [-0.39, 0.29) is 17.5 Å². The summed E-state index contributed by atoms with van der Waals surface area (Å²) in [5, 5.41) is 0. The maximum absolute atomic E-state index is 11.6. The van der Waals surface area contributed by atoms with Gasteiger partial charge in [0.1, 0.15) is 5.60 Å². The van der Waals surface area contributed by atoms with Gasteiger partial charge < -0.3 is 4.74 Å². The number of cyclic esters (lactones) is 1. The zero-order valence-corrected chi connectivity index (χ0v) is 8.67. The van der Waals surface area contributed by atoms with Gasteiger partial charge >= 0.3 is 5.97 Å². The summed E-state index contributed by atoms with van der Waals surface area (Å²) in [6.45, 7) is 6.28. The van der Waals surface area contributed by atoms with E-state index < -0.39 is 0 Å². The van der Waals surface area contributed by atoms with E-state index in [1.807, 2.05) is 13.8 Å². The monoisotopic (exact) mass is 182 g/mol. The fourth-order valence-electron chi connectivity index (χ4n) is 3.00. The van der Waals surface area contributed by atoms with Crippen LogP contribution in [0.1, 0.15) is 40.0 Å². The van der Waals surface area contributed by atoms with E-state index in [2.05, 4.69) is 6.92 Å². The maximum atomic E-state index is 11.6. The number of fused-ring (bicyclic) bond motifs is 1. The highest BCUT2D eigenvalue weighted by molar-refractivity contribution is 5.76. The molecule has 3 atom stereocenters. The average Bonchev–Trinajstić information content (AvgIpc) is 2.24. The first kappa shape index (κ1) is 9.04. The van der Waals surface area contributed by atoms with Crippen molar-refractivity contribution < 1.29 is 9.53 Å². The topological polar surface area (TPSA) is 26.3 Å². The summed E-state index contributed by atoms with van der Waals surface area (Å²) in [4.78, 5) is 11.6. The van der Waals surface area contributed by atoms with Crippen molar-refractivity contribution in [3.8, 4) is 0 Å². The molecule has 1 heterocycles. The van der Waals surface area contributed by atoms with Gasteiger partial charge in [-0.25, -0.2) is 0 Å². The molecule has 74 valence electrons. The summed E-state index contributed by atoms with van der Waals surface area (Å²) in [5.74, 6) is 1.21. The number of carbonyl (C=O) groups excluding carboxylic acids is 1. The normalized spacial score (nSPS) is 42.7. The average molecular weight is 182 g/mol. The molecule has 1 saturated heterocycles. The second kappa shape index (κ2) is 2.73. The van der Waals surface area contributed by atoms with Gasteiger partial charge in [0, 0.05) is 5.92 Å². The number of carbonyl (C=O) groups is 1. The van der Waals surface area contributed by atoms with Gasteiger partial charge in [-0.1, -0.05) is 13.3 Å². The highest BCUT2D eigenvalue weighted by Gasteiger charge is 2.52. The minimum Gasteiger partial charge on any atom is -0.459 e. The Kier molecular flexibility index (Phi) is 1.90. The third kappa shape index (κ3) is 1.27. The molecule has 1 aliphatic heterocycles. The van der Waals surface area contributed by atoms with Crippen molar-refractivity contribution in [3.63, 3.8) is 0 Å². The second-order valence-electron chi connectivity index (χ2n) is 5.07. The Morgan fingerprint density at radius 2 is 2.08 bits per heavy atom. The molecule has 2 heteroatoms. The number of esters is 1. The van der Waals surface area contributed by atoms with E-state index in [0.717, 1.165) is 6.42 Å². The Balaban J connectivity index is 2.26. The summed E-state index contributed by atoms with van der Waals surface area (Å²) in [6, 6.07) is 0. The summed E-state index contributed by atoms with van der Waals surface area (Å²) in [5.41, 5.74) is -0.212. The fraction of sp³-hybridized carbons (Fsp3) is 0.909. The van der Waals surface area contributed by atoms with E-state index in [1.54, 1.807) is 0 Å². The van der Waals surface area contributed by atoms with Gasteiger partial charge in [-0.05, 0) is 32.6 Å². The SMILES string of the molecule is CC1CCCC2C1C(=O)OC2(C)C. The molecule has 2 fully saturated rings. The third-order valence-corrected chi connectivity index (χ3v) is 3.75. The molecule has 0 radical (unpaired) electrons. The van der Waals surface area contributed by atoms with Crippen molar-refractivity contribution in [2.75, 3.05) is 0 Å². The molecule has 2 rings (SSSR count). The van der Waals surface area contributed by atoms with Crippen LogP contribution in [0.15, 0.2) is 0 Å². The molecule has 0 aromatic rings. The first-order valence-electron chi connectivity index (χ1n) is 5.25. The lowest BCUT2D eigenvalue weighted by molar-refractivity contribution is -0.149. The largest absolute Gasteiger partial charge is 0.459 e. The predicted molar refractivity (Wildman–Crippen MR) is 50.2 cm³/mol. The van der Waals surface area contributed by atoms with Gasteiger partial charge in [-0.2, -0.15) is 0 Å². The summed E-state index contributed by atoms with van der Waals surface area (Å²) in [6.07, 6.45) is 3.60. The number of hydrogen-bond acceptors (Lipinski definition) is 2. The van der Waals surface area contributed by atoms with Gasteiger partial charge in [0.25, 0.3) is 0 Å². The Labute approximate surface area is 79.7 Å². The van der Waals surface area contributed by atoms with E-state index in [0.29, 0.717) is 11.8 Å². The Hall–Kier alpha value is -0.530. The van der Waals surface area contributed by atoms with Crippen LogP contribution < -0.4 is 0 Å². The van der Waals surface area contributed by atoms with E-state index >= 15 is 0 Å². The van der Waals surface area contributed by atoms with Gasteiger partial charge in [0.05, 0.1) is 5.92 Å². The molecule has 0 bridgehead atoms. The van der Waals surface area contributed by atoms with Crippen LogP contribution in [-0.4, -0.2) is 11.6 Å². The molecule has 0 N–H and O–H groups in total. The van der Waals surface area contributed by atoms with Crippen molar-refractivity contribution in [2.24, 2.45) is 17.8 Å². The zero-order chi connectivity index (χ0) is 9.64. The lowest BCUT2D eigenvalue weighted by Crippen LogP contribution is -2.34. The van der Waals surface area contributed by atoms with Crippen LogP contribution >= 0.6 is 0 Å². The summed E-state index contributed by atoms with van der Waals surface area (Å²) < 4.78 is 5.43. The maximum Gasteiger partial charge on any atom is 0.310 e. The fourth-order valence-corrected chi connectivity index (χ4v) is 3.00. The summed E-state index contributed by atoms with van der Waals surface area (Å²) in [7, 11) is 0. The minimum absolute atomic E-state index is 0.0437. The third-order valence-electron chi connectivity index (χ3n) is 3.75. The molecule has 0 amide bonds. The number of rotatable bonds is 0. The van der Waals surface area contributed by atoms with Gasteiger partial charge in [0.2, 0.25) is 0 Å². The lowest BCUT2D eigenvalue weighted by atomic mass is 9.69. The second-order valence-corrected chi connectivity index (χ2v) is 5.07. The molecule has 1 aliphatic carbocycles. The summed E-state index contributed by atoms with van der Waals surface area (Å²) >= 11 is 0. The van der Waals surface area contributed by atoms with Crippen molar-refractivity contribution in [3.05, 3.63) is 0 Å². The lowest BCUT2D eigenvalue weighted by Gasteiger charge is -2.33. The highest BCUT2D eigenvalue weighted by atomic mass is 16.6. The van der Waals surface area contributed by atoms with Crippen molar-refractivity contribution in [2.45, 2.75) is 45.6 Å². The van der Waals surface area contributed by atoms with Crippen molar-refractivity contribution in [1.29, 1.82) is 0 Å². The van der Waals surface area contributed by atoms with Gasteiger partial charge in [0.15, 0.2) is 0 Å². The molecule has 0 aromatic heterocycles. The molecule has 1 saturated carbocycles. The molecule has 2 nitrogen and oxygen atoms in total. The predicted octanol–water partition coefficient (Wildman–Crippen LogP) is 2.37. The molecular formula is C11H18O2. The van der Waals surface area contributed by atoms with E-state index in [1.165, 1.54) is 12.8 Å². The standard InChI is InChI=1S/C11H18O2/c1-7-5-4-6-8-9(7)10(12)13-11(8,2)3/h7-9H,4-6H2,1-3H3. The molecule has 2 aliphatic rings. The van der Waals surface area contributed by atoms with Crippen molar-refractivity contribution in [1.82, 2.24) is 0 Å². The highest BCUT2D eigenvalue weighted by Crippen LogP contribution is 2.47. The minimum atomic E-state index is -0.212. The smallest absolute Gasteiger partial charge is 0.310 e. The molecule has 3 unspecified atom stereocenters. The van der Waals surface area contributed by atoms with Crippen LogP contribution in [0.2, 0.25) is 0 Å². The Morgan fingerprint density at radius 1 is 1.38 bits per heavy atom. The van der Waals surface area contributed by atoms with Gasteiger partial charge in [-0.15, -0.1) is 0 Å². The molecule has 0 spiro atoms. The molecule has 0 aromatic carbocycles. The van der Waals surface area contributed by atoms with Crippen LogP contribution in [0.5, 0.6) is 0 Å². The first-order valence-corrected chi connectivity index (χ1v) is 5.25. The van der Waals surface area contributed by atoms with Crippen LogP contribution in [0.3, 0.4) is 0 Å². The molecular weight excluding hydrogens is 164 g/mol. The first-order chi connectivity index (χ1) is 6.02. The number of hydrogen-bond donors (Lipinski definition) is 0.